The first-order valence-corrected chi connectivity index (χ1v) is 8.18. The van der Waals surface area contributed by atoms with Crippen molar-refractivity contribution in [3.8, 4) is 0 Å². The van der Waals surface area contributed by atoms with Gasteiger partial charge in [-0.05, 0) is 49.7 Å². The van der Waals surface area contributed by atoms with Gasteiger partial charge in [0, 0.05) is 13.2 Å². The zero-order chi connectivity index (χ0) is 16.6. The Hall–Kier alpha value is -1.55. The zero-order valence-corrected chi connectivity index (χ0v) is 14.3. The Morgan fingerprint density at radius 2 is 1.91 bits per heavy atom. The number of hydrogen-bond donors (Lipinski definition) is 3. The van der Waals surface area contributed by atoms with E-state index in [1.807, 2.05) is 38.1 Å². The predicted octanol–water partition coefficient (Wildman–Crippen LogP) is 3.54. The number of urea groups is 1. The molecule has 0 aliphatic rings. The zero-order valence-electron chi connectivity index (χ0n) is 14.3. The first-order valence-electron chi connectivity index (χ1n) is 8.18. The number of rotatable bonds is 8. The fourth-order valence-electron chi connectivity index (χ4n) is 2.84. The molecular weight excluding hydrogens is 276 g/mol. The molecule has 0 saturated carbocycles. The highest BCUT2D eigenvalue weighted by Crippen LogP contribution is 2.29. The molecule has 0 saturated heterocycles. The SMILES string of the molecule is CCC(CC)(CCO)CNC(=O)NC(C)c1ccccc1C. The highest BCUT2D eigenvalue weighted by molar-refractivity contribution is 5.74. The van der Waals surface area contributed by atoms with E-state index in [1.54, 1.807) is 0 Å². The van der Waals surface area contributed by atoms with Crippen molar-refractivity contribution in [2.75, 3.05) is 13.2 Å². The lowest BCUT2D eigenvalue weighted by Crippen LogP contribution is -2.43. The van der Waals surface area contributed by atoms with Gasteiger partial charge in [0.2, 0.25) is 0 Å². The van der Waals surface area contributed by atoms with Gasteiger partial charge in [-0.2, -0.15) is 0 Å². The van der Waals surface area contributed by atoms with Crippen molar-refractivity contribution >= 4 is 6.03 Å². The van der Waals surface area contributed by atoms with Gasteiger partial charge in [0.1, 0.15) is 0 Å². The molecule has 1 rings (SSSR count). The minimum atomic E-state index is -0.153. The van der Waals surface area contributed by atoms with Crippen LogP contribution in [0.3, 0.4) is 0 Å². The molecule has 2 amide bonds. The van der Waals surface area contributed by atoms with Crippen LogP contribution in [0.1, 0.15) is 57.2 Å². The molecule has 124 valence electrons. The van der Waals surface area contributed by atoms with Crippen LogP contribution in [0.15, 0.2) is 24.3 Å². The quantitative estimate of drug-likeness (QED) is 0.688. The number of hydrogen-bond acceptors (Lipinski definition) is 2. The monoisotopic (exact) mass is 306 g/mol. The number of carbonyl (C=O) groups excluding carboxylic acids is 1. The molecule has 4 heteroatoms. The highest BCUT2D eigenvalue weighted by Gasteiger charge is 2.26. The van der Waals surface area contributed by atoms with Gasteiger partial charge in [0.15, 0.2) is 0 Å². The number of amides is 2. The second-order valence-electron chi connectivity index (χ2n) is 6.09. The summed E-state index contributed by atoms with van der Waals surface area (Å²) in [5.41, 5.74) is 2.29. The third-order valence-corrected chi connectivity index (χ3v) is 4.77. The first kappa shape index (κ1) is 18.5. The van der Waals surface area contributed by atoms with Crippen molar-refractivity contribution in [2.24, 2.45) is 5.41 Å². The van der Waals surface area contributed by atoms with Crippen molar-refractivity contribution in [1.29, 1.82) is 0 Å². The van der Waals surface area contributed by atoms with E-state index in [1.165, 1.54) is 5.56 Å². The van der Waals surface area contributed by atoms with Gasteiger partial charge >= 0.3 is 6.03 Å². The Bertz CT molecular complexity index is 470. The molecule has 4 nitrogen and oxygen atoms in total. The molecule has 1 atom stereocenters. The molecule has 0 aliphatic heterocycles. The lowest BCUT2D eigenvalue weighted by Gasteiger charge is -2.31. The van der Waals surface area contributed by atoms with E-state index in [9.17, 15) is 9.90 Å². The fourth-order valence-corrected chi connectivity index (χ4v) is 2.84. The standard InChI is InChI=1S/C18H30N2O2/c1-5-18(6-2,11-12-21)13-19-17(22)20-15(4)16-10-8-7-9-14(16)3/h7-10,15,21H,5-6,11-13H2,1-4H3,(H2,19,20,22). The summed E-state index contributed by atoms with van der Waals surface area (Å²) in [5, 5.41) is 15.2. The predicted molar refractivity (Wildman–Crippen MR) is 90.8 cm³/mol. The molecule has 0 bridgehead atoms. The van der Waals surface area contributed by atoms with E-state index >= 15 is 0 Å². The number of benzene rings is 1. The summed E-state index contributed by atoms with van der Waals surface area (Å²) >= 11 is 0. The van der Waals surface area contributed by atoms with Gasteiger partial charge in [0.25, 0.3) is 0 Å². The Balaban J connectivity index is 2.57. The van der Waals surface area contributed by atoms with Gasteiger partial charge in [-0.15, -0.1) is 0 Å². The van der Waals surface area contributed by atoms with Crippen LogP contribution >= 0.6 is 0 Å². The molecule has 1 unspecified atom stereocenters. The lowest BCUT2D eigenvalue weighted by molar-refractivity contribution is 0.163. The van der Waals surface area contributed by atoms with Crippen molar-refractivity contribution in [1.82, 2.24) is 10.6 Å². The van der Waals surface area contributed by atoms with Crippen LogP contribution in [0.25, 0.3) is 0 Å². The van der Waals surface area contributed by atoms with Gasteiger partial charge in [-0.1, -0.05) is 38.1 Å². The highest BCUT2D eigenvalue weighted by atomic mass is 16.3. The van der Waals surface area contributed by atoms with Crippen LogP contribution in [0.2, 0.25) is 0 Å². The topological polar surface area (TPSA) is 61.4 Å². The molecule has 0 spiro atoms. The number of nitrogens with one attached hydrogen (secondary N) is 2. The van der Waals surface area contributed by atoms with Gasteiger partial charge in [0.05, 0.1) is 6.04 Å². The summed E-state index contributed by atoms with van der Waals surface area (Å²) in [7, 11) is 0. The average molecular weight is 306 g/mol. The summed E-state index contributed by atoms with van der Waals surface area (Å²) in [6.07, 6.45) is 2.60. The van der Waals surface area contributed by atoms with Crippen molar-refractivity contribution in [3.05, 3.63) is 35.4 Å². The van der Waals surface area contributed by atoms with Crippen LogP contribution < -0.4 is 10.6 Å². The van der Waals surface area contributed by atoms with Crippen LogP contribution in [0.4, 0.5) is 4.79 Å². The third-order valence-electron chi connectivity index (χ3n) is 4.77. The van der Waals surface area contributed by atoms with Gasteiger partial charge < -0.3 is 15.7 Å². The van der Waals surface area contributed by atoms with Crippen LogP contribution in [-0.2, 0) is 0 Å². The normalized spacial score (nSPS) is 12.8. The maximum absolute atomic E-state index is 12.1. The van der Waals surface area contributed by atoms with Gasteiger partial charge in [-0.3, -0.25) is 0 Å². The minimum absolute atomic E-state index is 0.0159. The lowest BCUT2D eigenvalue weighted by atomic mass is 9.79. The molecule has 0 aliphatic carbocycles. The van der Waals surface area contributed by atoms with E-state index in [4.69, 9.17) is 0 Å². The number of aryl methyl sites for hydroxylation is 1. The van der Waals surface area contributed by atoms with Crippen LogP contribution in [-0.4, -0.2) is 24.3 Å². The largest absolute Gasteiger partial charge is 0.396 e. The van der Waals surface area contributed by atoms with E-state index in [0.29, 0.717) is 13.0 Å². The number of aliphatic hydroxyl groups excluding tert-OH is 1. The molecule has 0 heterocycles. The molecule has 0 radical (unpaired) electrons. The molecule has 22 heavy (non-hydrogen) atoms. The molecular formula is C18H30N2O2. The van der Waals surface area contributed by atoms with Crippen molar-refractivity contribution < 1.29 is 9.90 Å². The number of aliphatic hydroxyl groups is 1. The van der Waals surface area contributed by atoms with Crippen LogP contribution in [0.5, 0.6) is 0 Å². The van der Waals surface area contributed by atoms with E-state index < -0.39 is 0 Å². The maximum atomic E-state index is 12.1. The summed E-state index contributed by atoms with van der Waals surface area (Å²) in [5.74, 6) is 0. The smallest absolute Gasteiger partial charge is 0.315 e. The van der Waals surface area contributed by atoms with E-state index in [0.717, 1.165) is 18.4 Å². The van der Waals surface area contributed by atoms with Crippen molar-refractivity contribution in [2.45, 2.75) is 53.0 Å². The van der Waals surface area contributed by atoms with E-state index in [2.05, 4.69) is 24.5 Å². The van der Waals surface area contributed by atoms with Crippen LogP contribution in [0, 0.1) is 12.3 Å². The summed E-state index contributed by atoms with van der Waals surface area (Å²) in [6, 6.07) is 7.88. The molecule has 1 aromatic rings. The third kappa shape index (κ3) is 5.02. The maximum Gasteiger partial charge on any atom is 0.315 e. The number of carbonyl (C=O) groups is 1. The summed E-state index contributed by atoms with van der Waals surface area (Å²) < 4.78 is 0. The Morgan fingerprint density at radius 1 is 1.27 bits per heavy atom. The summed E-state index contributed by atoms with van der Waals surface area (Å²) in [6.45, 7) is 9.00. The molecule has 0 aromatic heterocycles. The second kappa shape index (κ2) is 8.79. The summed E-state index contributed by atoms with van der Waals surface area (Å²) in [4.78, 5) is 12.1. The second-order valence-corrected chi connectivity index (χ2v) is 6.09. The Kier molecular flexibility index (Phi) is 7.39. The average Bonchev–Trinajstić information content (AvgIpc) is 2.52. The molecule has 3 N–H and O–H groups in total. The fraction of sp³-hybridized carbons (Fsp3) is 0.611. The molecule has 1 aromatic carbocycles. The minimum Gasteiger partial charge on any atom is -0.396 e. The Morgan fingerprint density at radius 3 is 2.45 bits per heavy atom. The molecule has 0 fully saturated rings. The van der Waals surface area contributed by atoms with Gasteiger partial charge in [-0.25, -0.2) is 4.79 Å². The van der Waals surface area contributed by atoms with E-state index in [-0.39, 0.29) is 24.1 Å². The first-order chi connectivity index (χ1) is 10.5. The van der Waals surface area contributed by atoms with Crippen molar-refractivity contribution in [3.63, 3.8) is 0 Å². The Labute approximate surface area is 134 Å².